The highest BCUT2D eigenvalue weighted by molar-refractivity contribution is 5.90. The Bertz CT molecular complexity index is 779. The van der Waals surface area contributed by atoms with Crippen molar-refractivity contribution in [3.05, 3.63) is 47.3 Å². The average molecular weight is 385 g/mol. The molecule has 7 heteroatoms. The van der Waals surface area contributed by atoms with Gasteiger partial charge in [-0.25, -0.2) is 0 Å². The van der Waals surface area contributed by atoms with Crippen LogP contribution in [0.5, 0.6) is 0 Å². The number of hydrogen-bond acceptors (Lipinski definition) is 3. The van der Waals surface area contributed by atoms with Crippen molar-refractivity contribution >= 4 is 17.6 Å². The highest BCUT2D eigenvalue weighted by atomic mass is 16.1. The van der Waals surface area contributed by atoms with Crippen molar-refractivity contribution in [2.45, 2.75) is 53.1 Å². The van der Waals surface area contributed by atoms with Crippen LogP contribution >= 0.6 is 0 Å². The van der Waals surface area contributed by atoms with E-state index in [1.54, 1.807) is 7.05 Å². The largest absolute Gasteiger partial charge is 0.356 e. The fraction of sp³-hybridized carbons (Fsp3) is 0.476. The third-order valence-electron chi connectivity index (χ3n) is 4.34. The maximum atomic E-state index is 11.6. The first-order valence-electron chi connectivity index (χ1n) is 9.86. The first-order chi connectivity index (χ1) is 13.5. The van der Waals surface area contributed by atoms with Crippen LogP contribution < -0.4 is 16.0 Å². The van der Waals surface area contributed by atoms with Gasteiger partial charge in [0.25, 0.3) is 0 Å². The van der Waals surface area contributed by atoms with E-state index in [1.807, 2.05) is 42.8 Å². The summed E-state index contributed by atoms with van der Waals surface area (Å²) in [6, 6.07) is 9.95. The molecule has 0 atom stereocenters. The third-order valence-corrected chi connectivity index (χ3v) is 4.34. The number of aryl methyl sites for hydroxylation is 3. The highest BCUT2D eigenvalue weighted by Gasteiger charge is 2.03. The normalized spacial score (nSPS) is 11.4. The quantitative estimate of drug-likeness (QED) is 0.353. The Kier molecular flexibility index (Phi) is 8.52. The van der Waals surface area contributed by atoms with Crippen LogP contribution in [0.2, 0.25) is 0 Å². The van der Waals surface area contributed by atoms with Gasteiger partial charge in [-0.15, -0.1) is 0 Å². The van der Waals surface area contributed by atoms with E-state index < -0.39 is 0 Å². The van der Waals surface area contributed by atoms with Gasteiger partial charge in [-0.2, -0.15) is 5.10 Å². The zero-order valence-electron chi connectivity index (χ0n) is 17.4. The highest BCUT2D eigenvalue weighted by Crippen LogP contribution is 2.10. The zero-order valence-corrected chi connectivity index (χ0v) is 17.4. The minimum Gasteiger partial charge on any atom is -0.356 e. The molecule has 2 rings (SSSR count). The lowest BCUT2D eigenvalue weighted by Gasteiger charge is -2.13. The van der Waals surface area contributed by atoms with Crippen LogP contribution in [-0.4, -0.2) is 35.2 Å². The standard InChI is InChI=1S/C21H32N6O/c1-5-7-20(28)25-19-10-8-18(9-11-19)15-24-21(22-4)23-12-6-13-27-17(3)14-16(2)26-27/h8-11,14H,5-7,12-13,15H2,1-4H3,(H,25,28)(H2,22,23,24). The molecule has 3 N–H and O–H groups in total. The molecule has 1 aromatic heterocycles. The summed E-state index contributed by atoms with van der Waals surface area (Å²) in [6.45, 7) is 8.46. The summed E-state index contributed by atoms with van der Waals surface area (Å²) < 4.78 is 2.04. The van der Waals surface area contributed by atoms with Gasteiger partial charge in [0, 0.05) is 44.5 Å². The molecule has 2 aromatic rings. The molecule has 0 unspecified atom stereocenters. The molecule has 0 spiro atoms. The second-order valence-electron chi connectivity index (χ2n) is 6.85. The van der Waals surface area contributed by atoms with Crippen molar-refractivity contribution in [1.29, 1.82) is 0 Å². The molecule has 1 amide bonds. The Labute approximate surface area is 167 Å². The lowest BCUT2D eigenvalue weighted by Crippen LogP contribution is -2.37. The van der Waals surface area contributed by atoms with Crippen LogP contribution in [-0.2, 0) is 17.9 Å². The van der Waals surface area contributed by atoms with E-state index in [9.17, 15) is 4.79 Å². The van der Waals surface area contributed by atoms with E-state index in [-0.39, 0.29) is 5.91 Å². The SMILES string of the molecule is CCCC(=O)Nc1ccc(CNC(=NC)NCCCn2nc(C)cc2C)cc1. The molecule has 0 aliphatic heterocycles. The molecule has 1 aromatic carbocycles. The average Bonchev–Trinajstić information content (AvgIpc) is 2.99. The summed E-state index contributed by atoms with van der Waals surface area (Å²) in [5, 5.41) is 14.0. The number of aromatic nitrogens is 2. The number of carbonyl (C=O) groups excluding carboxylic acids is 1. The van der Waals surface area contributed by atoms with Gasteiger partial charge >= 0.3 is 0 Å². The predicted octanol–water partition coefficient (Wildman–Crippen LogP) is 2.99. The Morgan fingerprint density at radius 2 is 1.93 bits per heavy atom. The summed E-state index contributed by atoms with van der Waals surface area (Å²) >= 11 is 0. The van der Waals surface area contributed by atoms with Gasteiger partial charge in [0.1, 0.15) is 0 Å². The number of guanidine groups is 1. The fourth-order valence-electron chi connectivity index (χ4n) is 2.90. The first kappa shape index (κ1) is 21.5. The van der Waals surface area contributed by atoms with Gasteiger partial charge in [-0.3, -0.25) is 14.5 Å². The van der Waals surface area contributed by atoms with Gasteiger partial charge in [0.15, 0.2) is 5.96 Å². The number of carbonyl (C=O) groups is 1. The molecule has 7 nitrogen and oxygen atoms in total. The summed E-state index contributed by atoms with van der Waals surface area (Å²) in [7, 11) is 1.77. The summed E-state index contributed by atoms with van der Waals surface area (Å²) in [6.07, 6.45) is 2.36. The Balaban J connectivity index is 1.71. The van der Waals surface area contributed by atoms with Crippen molar-refractivity contribution in [2.75, 3.05) is 18.9 Å². The van der Waals surface area contributed by atoms with Crippen LogP contribution in [0.15, 0.2) is 35.3 Å². The van der Waals surface area contributed by atoms with E-state index >= 15 is 0 Å². The number of nitrogens with one attached hydrogen (secondary N) is 3. The number of benzene rings is 1. The Morgan fingerprint density at radius 3 is 2.54 bits per heavy atom. The van der Waals surface area contributed by atoms with Crippen molar-refractivity contribution in [3.63, 3.8) is 0 Å². The van der Waals surface area contributed by atoms with E-state index in [4.69, 9.17) is 0 Å². The molecule has 0 fully saturated rings. The molecule has 0 aliphatic carbocycles. The van der Waals surface area contributed by atoms with E-state index in [0.717, 1.165) is 48.8 Å². The number of amides is 1. The maximum absolute atomic E-state index is 11.6. The number of nitrogens with zero attached hydrogens (tertiary/aromatic N) is 3. The van der Waals surface area contributed by atoms with Crippen LogP contribution in [0.1, 0.15) is 43.1 Å². The van der Waals surface area contributed by atoms with Crippen molar-refractivity contribution < 1.29 is 4.79 Å². The summed E-state index contributed by atoms with van der Waals surface area (Å²) in [5.74, 6) is 0.826. The van der Waals surface area contributed by atoms with Gasteiger partial charge in [0.05, 0.1) is 5.69 Å². The zero-order chi connectivity index (χ0) is 20.4. The van der Waals surface area contributed by atoms with Gasteiger partial charge in [0.2, 0.25) is 5.91 Å². The molecule has 0 radical (unpaired) electrons. The molecular weight excluding hydrogens is 352 g/mol. The summed E-state index contributed by atoms with van der Waals surface area (Å²) in [5.41, 5.74) is 4.20. The van der Waals surface area contributed by atoms with Crippen LogP contribution in [0.25, 0.3) is 0 Å². The minimum absolute atomic E-state index is 0.0541. The molecule has 0 saturated carbocycles. The smallest absolute Gasteiger partial charge is 0.224 e. The van der Waals surface area contributed by atoms with Crippen molar-refractivity contribution in [1.82, 2.24) is 20.4 Å². The van der Waals surface area contributed by atoms with Crippen LogP contribution in [0.3, 0.4) is 0 Å². The topological polar surface area (TPSA) is 83.3 Å². The van der Waals surface area contributed by atoms with E-state index in [0.29, 0.717) is 13.0 Å². The monoisotopic (exact) mass is 384 g/mol. The van der Waals surface area contributed by atoms with E-state index in [1.165, 1.54) is 5.69 Å². The van der Waals surface area contributed by atoms with Gasteiger partial charge in [-0.1, -0.05) is 19.1 Å². The number of rotatable bonds is 9. The number of hydrogen-bond donors (Lipinski definition) is 3. The fourth-order valence-corrected chi connectivity index (χ4v) is 2.90. The Hall–Kier alpha value is -2.83. The van der Waals surface area contributed by atoms with Crippen molar-refractivity contribution in [3.8, 4) is 0 Å². The first-order valence-corrected chi connectivity index (χ1v) is 9.86. The predicted molar refractivity (Wildman–Crippen MR) is 114 cm³/mol. The number of aliphatic imine (C=N–C) groups is 1. The minimum atomic E-state index is 0.0541. The second kappa shape index (κ2) is 11.1. The molecule has 0 aliphatic rings. The maximum Gasteiger partial charge on any atom is 0.224 e. The van der Waals surface area contributed by atoms with Gasteiger partial charge in [-0.05, 0) is 50.5 Å². The third kappa shape index (κ3) is 7.06. The number of anilines is 1. The molecule has 0 bridgehead atoms. The molecule has 1 heterocycles. The molecule has 0 saturated heterocycles. The molecular formula is C21H32N6O. The van der Waals surface area contributed by atoms with Crippen molar-refractivity contribution in [2.24, 2.45) is 4.99 Å². The van der Waals surface area contributed by atoms with Crippen LogP contribution in [0.4, 0.5) is 5.69 Å². The lowest BCUT2D eigenvalue weighted by atomic mass is 10.2. The molecule has 152 valence electrons. The second-order valence-corrected chi connectivity index (χ2v) is 6.85. The van der Waals surface area contributed by atoms with E-state index in [2.05, 4.69) is 39.0 Å². The summed E-state index contributed by atoms with van der Waals surface area (Å²) in [4.78, 5) is 15.9. The van der Waals surface area contributed by atoms with Gasteiger partial charge < -0.3 is 16.0 Å². The molecule has 28 heavy (non-hydrogen) atoms. The lowest BCUT2D eigenvalue weighted by molar-refractivity contribution is -0.116. The van der Waals surface area contributed by atoms with Crippen LogP contribution in [0, 0.1) is 13.8 Å². The Morgan fingerprint density at radius 1 is 1.18 bits per heavy atom.